The Morgan fingerprint density at radius 3 is 2.54 bits per heavy atom. The average Bonchev–Trinajstić information content (AvgIpc) is 3.18. The van der Waals surface area contributed by atoms with Crippen LogP contribution >= 0.6 is 0 Å². The van der Waals surface area contributed by atoms with Crippen molar-refractivity contribution in [2.75, 3.05) is 6.54 Å². The molecule has 196 valence electrons. The van der Waals surface area contributed by atoms with E-state index in [1.54, 1.807) is 21.7 Å². The normalized spacial score (nSPS) is 20.2. The number of carboxylic acid groups (broad SMARTS) is 1. The highest BCUT2D eigenvalue weighted by molar-refractivity contribution is 5.84. The molecule has 2 aliphatic rings. The number of carboxylic acids is 1. The SMILES string of the molecule is O=C(C[C@H]1CC[C@H](C(=O)O)CC1)N1CCc2c(n(Cc3ccc(C(F)(F)F)cc3F)c3ncccc23)C1. The van der Waals surface area contributed by atoms with E-state index in [9.17, 15) is 32.3 Å². The summed E-state index contributed by atoms with van der Waals surface area (Å²) in [6.45, 7) is 0.824. The summed E-state index contributed by atoms with van der Waals surface area (Å²) >= 11 is 0. The number of fused-ring (bicyclic) bond motifs is 3. The highest BCUT2D eigenvalue weighted by Gasteiger charge is 2.33. The Hall–Kier alpha value is -3.43. The van der Waals surface area contributed by atoms with Gasteiger partial charge in [0.2, 0.25) is 5.91 Å². The number of nitrogens with zero attached hydrogens (tertiary/aromatic N) is 3. The van der Waals surface area contributed by atoms with E-state index in [0.717, 1.165) is 28.8 Å². The molecule has 1 fully saturated rings. The molecule has 0 unspecified atom stereocenters. The predicted octanol–water partition coefficient (Wildman–Crippen LogP) is 5.41. The van der Waals surface area contributed by atoms with E-state index in [1.165, 1.54) is 0 Å². The summed E-state index contributed by atoms with van der Waals surface area (Å²) in [7, 11) is 0. The van der Waals surface area contributed by atoms with Crippen molar-refractivity contribution in [3.8, 4) is 0 Å². The molecule has 0 bridgehead atoms. The molecule has 37 heavy (non-hydrogen) atoms. The molecular weight excluding hydrogens is 490 g/mol. The van der Waals surface area contributed by atoms with E-state index in [1.807, 2.05) is 6.07 Å². The van der Waals surface area contributed by atoms with Crippen LogP contribution in [-0.4, -0.2) is 38.0 Å². The Labute approximate surface area is 210 Å². The molecule has 1 aliphatic heterocycles. The molecule has 1 N–H and O–H groups in total. The number of carbonyl (C=O) groups excluding carboxylic acids is 1. The van der Waals surface area contributed by atoms with Crippen LogP contribution in [0.1, 0.15) is 54.5 Å². The predicted molar refractivity (Wildman–Crippen MR) is 127 cm³/mol. The monoisotopic (exact) mass is 517 g/mol. The molecule has 0 spiro atoms. The highest BCUT2D eigenvalue weighted by atomic mass is 19.4. The molecule has 10 heteroatoms. The maximum Gasteiger partial charge on any atom is 0.416 e. The minimum absolute atomic E-state index is 0.00472. The third-order valence-corrected chi connectivity index (χ3v) is 7.73. The smallest absolute Gasteiger partial charge is 0.416 e. The van der Waals surface area contributed by atoms with Gasteiger partial charge in [-0.1, -0.05) is 6.07 Å². The minimum atomic E-state index is -4.63. The first-order valence-electron chi connectivity index (χ1n) is 12.4. The zero-order valence-electron chi connectivity index (χ0n) is 20.1. The zero-order chi connectivity index (χ0) is 26.3. The highest BCUT2D eigenvalue weighted by Crippen LogP contribution is 2.35. The second-order valence-electron chi connectivity index (χ2n) is 10.0. The molecule has 0 radical (unpaired) electrons. The van der Waals surface area contributed by atoms with Crippen molar-refractivity contribution in [1.82, 2.24) is 14.5 Å². The van der Waals surface area contributed by atoms with Gasteiger partial charge in [-0.25, -0.2) is 9.37 Å². The summed E-state index contributed by atoms with van der Waals surface area (Å²) in [5, 5.41) is 10.1. The molecule has 1 aromatic carbocycles. The van der Waals surface area contributed by atoms with Crippen LogP contribution in [0.3, 0.4) is 0 Å². The fourth-order valence-corrected chi connectivity index (χ4v) is 5.66. The largest absolute Gasteiger partial charge is 0.481 e. The summed E-state index contributed by atoms with van der Waals surface area (Å²) in [6.07, 6.45) is 0.507. The second-order valence-corrected chi connectivity index (χ2v) is 10.0. The second kappa shape index (κ2) is 9.79. The van der Waals surface area contributed by atoms with Gasteiger partial charge in [-0.3, -0.25) is 9.59 Å². The van der Waals surface area contributed by atoms with Crippen molar-refractivity contribution in [3.05, 3.63) is 64.7 Å². The van der Waals surface area contributed by atoms with Crippen LogP contribution in [0.15, 0.2) is 36.5 Å². The number of halogens is 4. The number of amides is 1. The van der Waals surface area contributed by atoms with Gasteiger partial charge in [-0.2, -0.15) is 13.2 Å². The van der Waals surface area contributed by atoms with Gasteiger partial charge in [-0.05, 0) is 67.9 Å². The lowest BCUT2D eigenvalue weighted by atomic mass is 9.80. The molecule has 3 heterocycles. The number of benzene rings is 1. The molecule has 0 saturated heterocycles. The first-order chi connectivity index (χ1) is 17.6. The maximum atomic E-state index is 14.7. The number of carbonyl (C=O) groups is 2. The average molecular weight is 518 g/mol. The Morgan fingerprint density at radius 1 is 1.11 bits per heavy atom. The lowest BCUT2D eigenvalue weighted by molar-refractivity contribution is -0.143. The summed E-state index contributed by atoms with van der Waals surface area (Å²) < 4.78 is 55.5. The molecular formula is C27H27F4N3O3. The van der Waals surface area contributed by atoms with Crippen LogP contribution in [0.25, 0.3) is 11.0 Å². The fourth-order valence-electron chi connectivity index (χ4n) is 5.66. The van der Waals surface area contributed by atoms with E-state index in [2.05, 4.69) is 4.98 Å². The Morgan fingerprint density at radius 2 is 1.86 bits per heavy atom. The van der Waals surface area contributed by atoms with Crippen LogP contribution in [0.5, 0.6) is 0 Å². The summed E-state index contributed by atoms with van der Waals surface area (Å²) in [6, 6.07) is 6.25. The van der Waals surface area contributed by atoms with Crippen molar-refractivity contribution in [2.45, 2.75) is 57.8 Å². The van der Waals surface area contributed by atoms with Gasteiger partial charge in [0.05, 0.1) is 24.6 Å². The van der Waals surface area contributed by atoms with Gasteiger partial charge in [0, 0.05) is 35.8 Å². The van der Waals surface area contributed by atoms with E-state index in [4.69, 9.17) is 0 Å². The van der Waals surface area contributed by atoms with Crippen molar-refractivity contribution in [2.24, 2.45) is 11.8 Å². The van der Waals surface area contributed by atoms with Crippen molar-refractivity contribution in [1.29, 1.82) is 0 Å². The minimum Gasteiger partial charge on any atom is -0.481 e. The topological polar surface area (TPSA) is 75.4 Å². The Kier molecular flexibility index (Phi) is 6.68. The van der Waals surface area contributed by atoms with Crippen molar-refractivity contribution in [3.63, 3.8) is 0 Å². The number of pyridine rings is 1. The van der Waals surface area contributed by atoms with Gasteiger partial charge in [0.1, 0.15) is 11.5 Å². The van der Waals surface area contributed by atoms with Crippen LogP contribution in [0, 0.1) is 17.7 Å². The Balaban J connectivity index is 1.38. The van der Waals surface area contributed by atoms with E-state index < -0.39 is 23.5 Å². The van der Waals surface area contributed by atoms with Gasteiger partial charge in [0.15, 0.2) is 0 Å². The van der Waals surface area contributed by atoms with Gasteiger partial charge in [-0.15, -0.1) is 0 Å². The van der Waals surface area contributed by atoms with Crippen molar-refractivity contribution >= 4 is 22.9 Å². The molecule has 0 atom stereocenters. The molecule has 6 nitrogen and oxygen atoms in total. The van der Waals surface area contributed by atoms with Gasteiger partial charge < -0.3 is 14.6 Å². The number of hydrogen-bond donors (Lipinski definition) is 1. The summed E-state index contributed by atoms with van der Waals surface area (Å²) in [5.41, 5.74) is 1.49. The van der Waals surface area contributed by atoms with Gasteiger partial charge in [0.25, 0.3) is 0 Å². The summed E-state index contributed by atoms with van der Waals surface area (Å²) in [4.78, 5) is 30.6. The number of hydrogen-bond acceptors (Lipinski definition) is 3. The van der Waals surface area contributed by atoms with Crippen molar-refractivity contribution < 1.29 is 32.3 Å². The number of rotatable bonds is 5. The first-order valence-corrected chi connectivity index (χ1v) is 12.4. The first kappa shape index (κ1) is 25.2. The number of aliphatic carboxylic acids is 1. The molecule has 2 aromatic heterocycles. The Bertz CT molecular complexity index is 1340. The standard InChI is InChI=1S/C27H27F4N3O3/c28-22-13-19(27(29,30)31)8-7-18(22)14-34-23-15-33(11-9-20(23)21-2-1-10-32-25(21)34)24(35)12-16-3-5-17(6-4-16)26(36)37/h1-2,7-8,10,13,16-17H,3-6,9,11-12,14-15H2,(H,36,37)/t16-,17-. The lowest BCUT2D eigenvalue weighted by Crippen LogP contribution is -2.38. The van der Waals surface area contributed by atoms with E-state index in [0.29, 0.717) is 63.3 Å². The van der Waals surface area contributed by atoms with Crippen LogP contribution < -0.4 is 0 Å². The fraction of sp³-hybridized carbons (Fsp3) is 0.444. The summed E-state index contributed by atoms with van der Waals surface area (Å²) in [5.74, 6) is -1.91. The van der Waals surface area contributed by atoms with Gasteiger partial charge >= 0.3 is 12.1 Å². The maximum absolute atomic E-state index is 14.7. The van der Waals surface area contributed by atoms with Crippen LogP contribution in [0.4, 0.5) is 17.6 Å². The molecule has 1 saturated carbocycles. The zero-order valence-corrected chi connectivity index (χ0v) is 20.1. The molecule has 1 aliphatic carbocycles. The molecule has 1 amide bonds. The third-order valence-electron chi connectivity index (χ3n) is 7.73. The quantitative estimate of drug-likeness (QED) is 0.460. The van der Waals surface area contributed by atoms with Crippen LogP contribution in [-0.2, 0) is 35.3 Å². The van der Waals surface area contributed by atoms with E-state index >= 15 is 0 Å². The molecule has 5 rings (SSSR count). The number of aromatic nitrogens is 2. The third kappa shape index (κ3) is 5.06. The molecule has 3 aromatic rings. The number of alkyl halides is 3. The van der Waals surface area contributed by atoms with E-state index in [-0.39, 0.29) is 29.9 Å². The van der Waals surface area contributed by atoms with Crippen LogP contribution in [0.2, 0.25) is 0 Å². The lowest BCUT2D eigenvalue weighted by Gasteiger charge is -2.31.